The minimum absolute atomic E-state index is 0.114. The highest BCUT2D eigenvalue weighted by Gasteiger charge is 2.43. The van der Waals surface area contributed by atoms with Gasteiger partial charge >= 0.3 is 0 Å². The largest absolute Gasteiger partial charge is 0.389 e. The summed E-state index contributed by atoms with van der Waals surface area (Å²) in [4.78, 5) is 0. The van der Waals surface area contributed by atoms with Crippen molar-refractivity contribution in [3.63, 3.8) is 0 Å². The van der Waals surface area contributed by atoms with Crippen LogP contribution in [-0.2, 0) is 11.2 Å². The third-order valence-corrected chi connectivity index (χ3v) is 4.12. The third-order valence-electron chi connectivity index (χ3n) is 4.12. The first-order valence-corrected chi connectivity index (χ1v) is 6.64. The van der Waals surface area contributed by atoms with Gasteiger partial charge in [0.1, 0.15) is 5.82 Å². The summed E-state index contributed by atoms with van der Waals surface area (Å²) < 4.78 is 19.0. The molecule has 2 aliphatic rings. The van der Waals surface area contributed by atoms with Crippen LogP contribution in [0.3, 0.4) is 0 Å². The van der Waals surface area contributed by atoms with Crippen molar-refractivity contribution in [2.24, 2.45) is 0 Å². The molecule has 19 heavy (non-hydrogen) atoms. The first kappa shape index (κ1) is 12.6. The van der Waals surface area contributed by atoms with E-state index in [0.29, 0.717) is 30.4 Å². The van der Waals surface area contributed by atoms with Crippen LogP contribution in [-0.4, -0.2) is 22.9 Å². The lowest BCUT2D eigenvalue weighted by molar-refractivity contribution is -0.110. The van der Waals surface area contributed by atoms with Gasteiger partial charge in [0.25, 0.3) is 0 Å². The molecule has 2 fully saturated rings. The van der Waals surface area contributed by atoms with E-state index in [1.165, 1.54) is 18.2 Å². The molecular formula is C15H16FNO2. The normalized spacial score (nSPS) is 33.1. The Labute approximate surface area is 111 Å². The van der Waals surface area contributed by atoms with Gasteiger partial charge in [-0.25, -0.2) is 4.39 Å². The predicted molar refractivity (Wildman–Crippen MR) is 66.9 cm³/mol. The number of hydrogen-bond acceptors (Lipinski definition) is 3. The molecule has 2 heterocycles. The Morgan fingerprint density at radius 1 is 1.37 bits per heavy atom. The van der Waals surface area contributed by atoms with E-state index < -0.39 is 5.60 Å². The van der Waals surface area contributed by atoms with Crippen molar-refractivity contribution >= 4 is 0 Å². The van der Waals surface area contributed by atoms with Crippen molar-refractivity contribution in [1.82, 2.24) is 0 Å². The molecule has 0 radical (unpaired) electrons. The van der Waals surface area contributed by atoms with Gasteiger partial charge in [0.15, 0.2) is 0 Å². The zero-order valence-corrected chi connectivity index (χ0v) is 10.6. The lowest BCUT2D eigenvalue weighted by Crippen LogP contribution is -2.42. The lowest BCUT2D eigenvalue weighted by atomic mass is 9.83. The molecule has 0 aromatic heterocycles. The van der Waals surface area contributed by atoms with Gasteiger partial charge in [-0.1, -0.05) is 0 Å². The van der Waals surface area contributed by atoms with Gasteiger partial charge in [-0.2, -0.15) is 5.26 Å². The molecule has 3 rings (SSSR count). The molecule has 2 atom stereocenters. The van der Waals surface area contributed by atoms with E-state index in [1.54, 1.807) is 0 Å². The van der Waals surface area contributed by atoms with Crippen LogP contribution >= 0.6 is 0 Å². The fourth-order valence-corrected chi connectivity index (χ4v) is 3.33. The van der Waals surface area contributed by atoms with Gasteiger partial charge in [0, 0.05) is 19.3 Å². The first-order valence-electron chi connectivity index (χ1n) is 6.64. The predicted octanol–water partition coefficient (Wildman–Crippen LogP) is 2.31. The molecule has 2 saturated heterocycles. The number of hydrogen-bond donors (Lipinski definition) is 1. The second kappa shape index (κ2) is 4.59. The molecule has 1 aromatic carbocycles. The summed E-state index contributed by atoms with van der Waals surface area (Å²) in [5, 5.41) is 19.8. The van der Waals surface area contributed by atoms with Crippen molar-refractivity contribution in [3.8, 4) is 6.07 Å². The van der Waals surface area contributed by atoms with Gasteiger partial charge in [-0.15, -0.1) is 0 Å². The number of nitriles is 1. The van der Waals surface area contributed by atoms with Crippen LogP contribution in [0.2, 0.25) is 0 Å². The lowest BCUT2D eigenvalue weighted by Gasteiger charge is -2.36. The average Bonchev–Trinajstić information content (AvgIpc) is 2.69. The van der Waals surface area contributed by atoms with Crippen molar-refractivity contribution in [2.75, 3.05) is 0 Å². The number of aliphatic hydroxyl groups is 1. The summed E-state index contributed by atoms with van der Waals surface area (Å²) in [5.41, 5.74) is 0.156. The molecule has 2 unspecified atom stereocenters. The maximum absolute atomic E-state index is 13.3. The SMILES string of the molecule is N#Cc1ccc(F)cc1CC1(O)CC2CCC(C1)O2. The van der Waals surface area contributed by atoms with Crippen LogP contribution < -0.4 is 0 Å². The molecule has 1 aromatic rings. The van der Waals surface area contributed by atoms with Gasteiger partial charge in [0.2, 0.25) is 0 Å². The van der Waals surface area contributed by atoms with Crippen molar-refractivity contribution in [2.45, 2.75) is 49.9 Å². The molecule has 0 saturated carbocycles. The van der Waals surface area contributed by atoms with Gasteiger partial charge in [0.05, 0.1) is 29.4 Å². The monoisotopic (exact) mass is 261 g/mol. The van der Waals surface area contributed by atoms with Crippen LogP contribution in [0.5, 0.6) is 0 Å². The molecule has 2 aliphatic heterocycles. The molecule has 4 heteroatoms. The molecule has 0 aliphatic carbocycles. The second-order valence-electron chi connectivity index (χ2n) is 5.68. The first-order chi connectivity index (χ1) is 9.08. The summed E-state index contributed by atoms with van der Waals surface area (Å²) in [6, 6.07) is 6.17. The summed E-state index contributed by atoms with van der Waals surface area (Å²) in [6.07, 6.45) is 3.67. The molecule has 0 amide bonds. The van der Waals surface area contributed by atoms with Gasteiger partial charge in [-0.3, -0.25) is 0 Å². The standard InChI is InChI=1S/C15H16FNO2/c16-12-2-1-10(9-17)11(5-12)6-15(18)7-13-3-4-14(8-15)19-13/h1-2,5,13-14,18H,3-4,6-8H2. The maximum atomic E-state index is 13.3. The number of ether oxygens (including phenoxy) is 1. The van der Waals surface area contributed by atoms with Crippen LogP contribution in [0.15, 0.2) is 18.2 Å². The van der Waals surface area contributed by atoms with E-state index in [2.05, 4.69) is 6.07 Å². The summed E-state index contributed by atoms with van der Waals surface area (Å²) in [6.45, 7) is 0. The second-order valence-corrected chi connectivity index (χ2v) is 5.68. The van der Waals surface area contributed by atoms with Crippen LogP contribution in [0.25, 0.3) is 0 Å². The van der Waals surface area contributed by atoms with E-state index in [0.717, 1.165) is 12.8 Å². The molecule has 0 spiro atoms. The zero-order valence-electron chi connectivity index (χ0n) is 10.6. The van der Waals surface area contributed by atoms with Gasteiger partial charge in [-0.05, 0) is 36.6 Å². The molecular weight excluding hydrogens is 245 g/mol. The summed E-state index contributed by atoms with van der Waals surface area (Å²) in [5.74, 6) is -0.368. The van der Waals surface area contributed by atoms with Crippen molar-refractivity contribution in [3.05, 3.63) is 35.1 Å². The number of halogens is 1. The molecule has 1 N–H and O–H groups in total. The third kappa shape index (κ3) is 2.49. The maximum Gasteiger partial charge on any atom is 0.123 e. The van der Waals surface area contributed by atoms with E-state index in [9.17, 15) is 9.50 Å². The van der Waals surface area contributed by atoms with Crippen LogP contribution in [0.4, 0.5) is 4.39 Å². The van der Waals surface area contributed by atoms with E-state index in [4.69, 9.17) is 10.00 Å². The Balaban J connectivity index is 1.85. The van der Waals surface area contributed by atoms with Crippen LogP contribution in [0, 0.1) is 17.1 Å². The Bertz CT molecular complexity index is 525. The highest BCUT2D eigenvalue weighted by Crippen LogP contribution is 2.40. The topological polar surface area (TPSA) is 53.2 Å². The number of rotatable bonds is 2. The van der Waals surface area contributed by atoms with Crippen molar-refractivity contribution in [1.29, 1.82) is 5.26 Å². The highest BCUT2D eigenvalue weighted by molar-refractivity contribution is 5.38. The Morgan fingerprint density at radius 3 is 2.68 bits per heavy atom. The fourth-order valence-electron chi connectivity index (χ4n) is 3.33. The summed E-state index contributed by atoms with van der Waals surface area (Å²) >= 11 is 0. The smallest absolute Gasteiger partial charge is 0.123 e. The number of benzene rings is 1. The van der Waals surface area contributed by atoms with E-state index >= 15 is 0 Å². The number of nitrogens with zero attached hydrogens (tertiary/aromatic N) is 1. The minimum Gasteiger partial charge on any atom is -0.389 e. The number of fused-ring (bicyclic) bond motifs is 2. The Hall–Kier alpha value is -1.44. The summed E-state index contributed by atoms with van der Waals surface area (Å²) in [7, 11) is 0. The molecule has 100 valence electrons. The molecule has 3 nitrogen and oxygen atoms in total. The highest BCUT2D eigenvalue weighted by atomic mass is 19.1. The van der Waals surface area contributed by atoms with E-state index in [1.807, 2.05) is 0 Å². The molecule has 2 bridgehead atoms. The Morgan fingerprint density at radius 2 is 2.05 bits per heavy atom. The quantitative estimate of drug-likeness (QED) is 0.888. The minimum atomic E-state index is -0.872. The zero-order chi connectivity index (χ0) is 13.5. The van der Waals surface area contributed by atoms with Crippen molar-refractivity contribution < 1.29 is 14.2 Å². The van der Waals surface area contributed by atoms with Crippen LogP contribution in [0.1, 0.15) is 36.8 Å². The van der Waals surface area contributed by atoms with E-state index in [-0.39, 0.29) is 18.0 Å². The fraction of sp³-hybridized carbons (Fsp3) is 0.533. The average molecular weight is 261 g/mol. The Kier molecular flexibility index (Phi) is 3.04. The van der Waals surface area contributed by atoms with Gasteiger partial charge < -0.3 is 9.84 Å².